The topological polar surface area (TPSA) is 276 Å². The molecule has 0 fully saturated rings. The zero-order valence-electron chi connectivity index (χ0n) is 50.4. The fourth-order valence-electron chi connectivity index (χ4n) is 8.01. The number of aromatic nitrogens is 1. The van der Waals surface area contributed by atoms with Gasteiger partial charge in [0, 0.05) is 29.4 Å². The van der Waals surface area contributed by atoms with Crippen LogP contribution >= 0.6 is 11.6 Å². The van der Waals surface area contributed by atoms with Crippen LogP contribution < -0.4 is 18.9 Å². The number of hydrogen-bond donors (Lipinski definition) is 2. The van der Waals surface area contributed by atoms with Gasteiger partial charge in [0.1, 0.15) is 47.6 Å². The molecular weight excluding hydrogens is 1260 g/mol. The van der Waals surface area contributed by atoms with Crippen LogP contribution in [0.5, 0.6) is 40.2 Å². The first kappa shape index (κ1) is 75.3. The molecule has 9 aromatic rings. The molecule has 0 saturated carbocycles. The predicted octanol–water partition coefficient (Wildman–Crippen LogP) is 13.2. The summed E-state index contributed by atoms with van der Waals surface area (Å²) in [6.45, 7) is 2.49. The molecule has 0 atom stereocenters. The Morgan fingerprint density at radius 3 is 1.35 bits per heavy atom. The molecule has 0 saturated heterocycles. The van der Waals surface area contributed by atoms with Crippen molar-refractivity contribution in [2.24, 2.45) is 0 Å². The molecule has 93 heavy (non-hydrogen) atoms. The van der Waals surface area contributed by atoms with Crippen molar-refractivity contribution >= 4 is 72.3 Å². The number of halogens is 1. The fourth-order valence-corrected chi connectivity index (χ4v) is 10.6. The first-order chi connectivity index (χ1) is 43.6. The Hall–Kier alpha value is -10.2. The van der Waals surface area contributed by atoms with Crippen LogP contribution in [-0.4, -0.2) is 110 Å². The van der Waals surface area contributed by atoms with Crippen LogP contribution in [0.3, 0.4) is 0 Å². The Bertz CT molecular complexity index is 4170. The summed E-state index contributed by atoms with van der Waals surface area (Å²) >= 11 is 5.84. The van der Waals surface area contributed by atoms with E-state index < -0.39 is 56.4 Å². The molecule has 9 rings (SSSR count). The lowest BCUT2D eigenvalue weighted by molar-refractivity contribution is -0.141. The van der Waals surface area contributed by atoms with E-state index in [1.54, 1.807) is 84.9 Å². The van der Waals surface area contributed by atoms with Crippen molar-refractivity contribution < 1.29 is 83.8 Å². The van der Waals surface area contributed by atoms with Gasteiger partial charge in [0.15, 0.2) is 11.4 Å². The van der Waals surface area contributed by atoms with Gasteiger partial charge < -0.3 is 43.0 Å². The number of carbonyl (C=O) groups is 5. The number of pyridine rings is 1. The number of benzene rings is 8. The number of para-hydroxylation sites is 3. The Morgan fingerprint density at radius 1 is 0.495 bits per heavy atom. The van der Waals surface area contributed by atoms with Crippen molar-refractivity contribution in [3.8, 4) is 40.2 Å². The van der Waals surface area contributed by atoms with E-state index in [1.807, 2.05) is 92.7 Å². The molecule has 0 bridgehead atoms. The highest BCUT2D eigenvalue weighted by Gasteiger charge is 2.29. The molecule has 2 N–H and O–H groups in total. The quantitative estimate of drug-likeness (QED) is 0.0407. The van der Waals surface area contributed by atoms with Gasteiger partial charge in [0.25, 0.3) is 0 Å². The maximum Gasteiger partial charge on any atom is 0.360 e. The molecule has 0 unspecified atom stereocenters. The molecule has 1 aromatic heterocycles. The molecule has 0 radical (unpaired) electrons. The van der Waals surface area contributed by atoms with E-state index in [-0.39, 0.29) is 60.6 Å². The molecule has 21 nitrogen and oxygen atoms in total. The van der Waals surface area contributed by atoms with Crippen molar-refractivity contribution in [3.05, 3.63) is 239 Å². The zero-order chi connectivity index (χ0) is 66.1. The number of ether oxygens (including phenoxy) is 8. The highest BCUT2D eigenvalue weighted by atomic mass is 35.5. The number of nitrogens with one attached hydrogen (secondary N) is 1. The normalized spacial score (nSPS) is 10.5. The number of aryl methyl sites for hydroxylation is 2. The van der Waals surface area contributed by atoms with Gasteiger partial charge in [-0.1, -0.05) is 105 Å². The second-order valence-electron chi connectivity index (χ2n) is 19.1. The number of esters is 5. The maximum atomic E-state index is 13.4. The molecule has 0 amide bonds. The summed E-state index contributed by atoms with van der Waals surface area (Å²) in [7, 11) is -1.55. The van der Waals surface area contributed by atoms with E-state index in [1.165, 1.54) is 72.1 Å². The number of rotatable bonds is 20. The van der Waals surface area contributed by atoms with Gasteiger partial charge in [-0.25, -0.2) is 36.2 Å². The Kier molecular flexibility index (Phi) is 29.6. The number of nitrogens with zero attached hydrogens (tertiary/aromatic N) is 2. The predicted molar refractivity (Wildman–Crippen MR) is 352 cm³/mol. The van der Waals surface area contributed by atoms with Gasteiger partial charge in [-0.15, -0.1) is 11.6 Å². The third kappa shape index (κ3) is 22.0. The molecule has 1 heterocycles. The van der Waals surface area contributed by atoms with Gasteiger partial charge in [-0.2, -0.15) is 9.03 Å². The van der Waals surface area contributed by atoms with Crippen LogP contribution in [-0.2, 0) is 65.7 Å². The van der Waals surface area contributed by atoms with E-state index in [0.29, 0.717) is 56.2 Å². The second-order valence-corrected chi connectivity index (χ2v) is 23.0. The van der Waals surface area contributed by atoms with Gasteiger partial charge in [-0.05, 0) is 140 Å². The van der Waals surface area contributed by atoms with E-state index in [2.05, 4.69) is 19.2 Å². The van der Waals surface area contributed by atoms with Crippen molar-refractivity contribution in [1.82, 2.24) is 14.0 Å². The zero-order valence-corrected chi connectivity index (χ0v) is 52.7. The second kappa shape index (κ2) is 36.6. The van der Waals surface area contributed by atoms with Crippen LogP contribution in [0.2, 0.25) is 0 Å². The summed E-state index contributed by atoms with van der Waals surface area (Å²) in [5.74, 6) is 0.573. The number of sulfonamides is 2. The maximum absolute atomic E-state index is 13.4. The fraction of sp³-hybridized carbons (Fsp3) is 0.188. The molecule has 0 spiro atoms. The third-order valence-corrected chi connectivity index (χ3v) is 16.3. The molecule has 8 aromatic carbocycles. The summed E-state index contributed by atoms with van der Waals surface area (Å²) in [6, 6.07) is 55.2. The molecule has 0 aliphatic heterocycles. The third-order valence-electron chi connectivity index (χ3n) is 12.8. The van der Waals surface area contributed by atoms with E-state index in [9.17, 15) is 45.9 Å². The minimum absolute atomic E-state index is 0. The first-order valence-electron chi connectivity index (χ1n) is 27.3. The van der Waals surface area contributed by atoms with E-state index in [4.69, 9.17) is 40.0 Å². The van der Waals surface area contributed by atoms with E-state index in [0.717, 1.165) is 21.2 Å². The van der Waals surface area contributed by atoms with Crippen LogP contribution in [0.25, 0.3) is 10.8 Å². The van der Waals surface area contributed by atoms with Crippen molar-refractivity contribution in [1.29, 1.82) is 0 Å². The van der Waals surface area contributed by atoms with Crippen molar-refractivity contribution in [3.63, 3.8) is 0 Å². The molecule has 490 valence electrons. The van der Waals surface area contributed by atoms with Gasteiger partial charge >= 0.3 is 29.8 Å². The lowest BCUT2D eigenvalue weighted by Crippen LogP contribution is -2.36. The summed E-state index contributed by atoms with van der Waals surface area (Å²) in [5, 5.41) is 11.3. The van der Waals surface area contributed by atoms with Crippen molar-refractivity contribution in [2.45, 2.75) is 50.9 Å². The van der Waals surface area contributed by atoms with Crippen LogP contribution in [0, 0.1) is 13.8 Å². The minimum Gasteiger partial charge on any atom is -0.505 e. The van der Waals surface area contributed by atoms with Crippen LogP contribution in [0.1, 0.15) is 68.3 Å². The number of alkyl halides is 1. The lowest BCUT2D eigenvalue weighted by atomic mass is 10.1. The summed E-state index contributed by atoms with van der Waals surface area (Å²) in [6.07, 6.45) is 1.50. The number of carbonyl (C=O) groups excluding carboxylic acids is 5. The number of methoxy groups -OCH3 is 5. The number of fused-ring (bicyclic) bond motifs is 1. The average molecular weight is 1330 g/mol. The monoisotopic (exact) mass is 1330 g/mol. The Balaban J connectivity index is 0.000000274. The van der Waals surface area contributed by atoms with Gasteiger partial charge in [0.2, 0.25) is 20.0 Å². The molecular formula is C69H72ClN3O18S2. The average Bonchev–Trinajstić information content (AvgIpc) is 0.906. The Labute approximate surface area is 546 Å². The van der Waals surface area contributed by atoms with Crippen molar-refractivity contribution in [2.75, 3.05) is 48.6 Å². The van der Waals surface area contributed by atoms with Gasteiger partial charge in [-0.3, -0.25) is 9.59 Å². The van der Waals surface area contributed by atoms with Crippen LogP contribution in [0.4, 0.5) is 0 Å². The van der Waals surface area contributed by atoms with Gasteiger partial charge in [0.05, 0.1) is 56.5 Å². The molecule has 0 aliphatic rings. The molecule has 24 heteroatoms. The summed E-state index contributed by atoms with van der Waals surface area (Å²) in [5.41, 5.74) is 3.34. The van der Waals surface area contributed by atoms with Crippen LogP contribution in [0.15, 0.2) is 210 Å². The summed E-state index contributed by atoms with van der Waals surface area (Å²) < 4.78 is 93.6. The Morgan fingerprint density at radius 2 is 0.914 bits per heavy atom. The highest BCUT2D eigenvalue weighted by molar-refractivity contribution is 7.89. The standard InChI is InChI=1S/C25H25NO7S.C17H13NO4.C15H13ClO3.C10H13NO4S.2CH4/c1-18-9-12-22(13-10-18)34(29,30)26(17-24(27)31-2)16-19-15-21(11-14-23(19)25(28)32-3)33-20-7-5-4-6-8-20;1-21-17(20)15-16(19)14-8-7-13(9-11(14)10-18-15)22-12-5-3-2-4-6-12;1-18-15(17)14-8-7-13(9-11(14)10-16)19-12-5-3-2-4-6-12;1-8-3-5-9(6-4-8)16(13,14)11-7-10(12)15-2;;/h4-15H,16-17H2,1-3H3;2-10,19H,1H3;2-9H,10H2,1H3;3-6,11H,7H2,1-2H3;2*1H4. The summed E-state index contributed by atoms with van der Waals surface area (Å²) in [4.78, 5) is 62.4. The number of aromatic hydroxyl groups is 1. The van der Waals surface area contributed by atoms with E-state index >= 15 is 0 Å². The highest BCUT2D eigenvalue weighted by Crippen LogP contribution is 2.33. The lowest BCUT2D eigenvalue weighted by Gasteiger charge is -2.22. The number of hydrogen-bond acceptors (Lipinski definition) is 19. The first-order valence-corrected chi connectivity index (χ1v) is 30.7. The largest absolute Gasteiger partial charge is 0.505 e. The molecule has 0 aliphatic carbocycles. The smallest absolute Gasteiger partial charge is 0.360 e. The SMILES string of the molecule is C.C.COC(=O)CN(Cc1cc(Oc2ccccc2)ccc1C(=O)OC)S(=O)(=O)c1ccc(C)cc1.COC(=O)CNS(=O)(=O)c1ccc(C)cc1.COC(=O)c1ccc(Oc2ccccc2)cc1CCl.COC(=O)c1ncc2cc(Oc3ccccc3)ccc2c1O. The minimum atomic E-state index is -4.10.